The Balaban J connectivity index is 2.45. The van der Waals surface area contributed by atoms with Crippen LogP contribution < -0.4 is 15.2 Å². The number of hydrogen-bond acceptors (Lipinski definition) is 6. The van der Waals surface area contributed by atoms with Gasteiger partial charge in [0.15, 0.2) is 11.5 Å². The van der Waals surface area contributed by atoms with Crippen LogP contribution in [-0.4, -0.2) is 50.7 Å². The van der Waals surface area contributed by atoms with Gasteiger partial charge in [-0.25, -0.2) is 4.98 Å². The van der Waals surface area contributed by atoms with Crippen molar-refractivity contribution < 1.29 is 18.9 Å². The van der Waals surface area contributed by atoms with E-state index in [0.717, 1.165) is 11.0 Å². The van der Waals surface area contributed by atoms with Crippen molar-refractivity contribution in [2.24, 2.45) is 0 Å². The first-order valence-electron chi connectivity index (χ1n) is 6.54. The number of hydrogen-bond donors (Lipinski definition) is 1. The van der Waals surface area contributed by atoms with E-state index in [1.807, 2.05) is 10.6 Å². The van der Waals surface area contributed by atoms with Gasteiger partial charge in [0.05, 0.1) is 44.5 Å². The Bertz CT molecular complexity index is 612. The minimum Gasteiger partial charge on any atom is -0.493 e. The van der Waals surface area contributed by atoms with Gasteiger partial charge in [-0.1, -0.05) is 0 Å². The van der Waals surface area contributed by atoms with Crippen molar-refractivity contribution in [1.82, 2.24) is 9.55 Å². The second-order valence-electron chi connectivity index (χ2n) is 4.59. The summed E-state index contributed by atoms with van der Waals surface area (Å²) >= 11 is 0. The lowest BCUT2D eigenvalue weighted by Gasteiger charge is -2.16. The maximum atomic E-state index is 6.01. The second kappa shape index (κ2) is 6.64. The Morgan fingerprint density at radius 1 is 1.14 bits per heavy atom. The molecule has 7 nitrogen and oxygen atoms in total. The van der Waals surface area contributed by atoms with Crippen LogP contribution in [0, 0.1) is 0 Å². The van der Waals surface area contributed by atoms with Crippen LogP contribution in [0.1, 0.15) is 0 Å². The molecule has 0 aliphatic carbocycles. The highest BCUT2D eigenvalue weighted by atomic mass is 16.5. The molecule has 2 rings (SSSR count). The molecular formula is C14H21N3O4. The Morgan fingerprint density at radius 2 is 1.81 bits per heavy atom. The predicted molar refractivity (Wildman–Crippen MR) is 79.9 cm³/mol. The van der Waals surface area contributed by atoms with Crippen molar-refractivity contribution in [3.63, 3.8) is 0 Å². The topological polar surface area (TPSA) is 80.8 Å². The smallest absolute Gasteiger partial charge is 0.201 e. The van der Waals surface area contributed by atoms with Crippen LogP contribution in [0.25, 0.3) is 11.0 Å². The molecule has 0 saturated carbocycles. The first-order chi connectivity index (χ1) is 10.1. The maximum absolute atomic E-state index is 6.01. The molecule has 1 heterocycles. The molecule has 2 aromatic rings. The van der Waals surface area contributed by atoms with Gasteiger partial charge in [0.1, 0.15) is 0 Å². The van der Waals surface area contributed by atoms with Crippen LogP contribution in [0.15, 0.2) is 12.1 Å². The average Bonchev–Trinajstić information content (AvgIpc) is 2.80. The number of aromatic nitrogens is 2. The summed E-state index contributed by atoms with van der Waals surface area (Å²) in [5.74, 6) is 1.67. The van der Waals surface area contributed by atoms with E-state index in [4.69, 9.17) is 24.7 Å². The fourth-order valence-electron chi connectivity index (χ4n) is 2.25. The Hall–Kier alpha value is -1.99. The SMILES string of the molecule is COCC(Cn1c(N)nc2cc(OC)c(OC)cc21)OC. The van der Waals surface area contributed by atoms with Crippen molar-refractivity contribution in [2.75, 3.05) is 40.8 Å². The van der Waals surface area contributed by atoms with Crippen LogP contribution in [0.2, 0.25) is 0 Å². The number of imidazole rings is 1. The van der Waals surface area contributed by atoms with Crippen LogP contribution in [0.5, 0.6) is 11.5 Å². The first-order valence-corrected chi connectivity index (χ1v) is 6.54. The van der Waals surface area contributed by atoms with Gasteiger partial charge < -0.3 is 29.2 Å². The van der Waals surface area contributed by atoms with E-state index in [1.54, 1.807) is 34.5 Å². The molecule has 116 valence electrons. The molecule has 1 atom stereocenters. The summed E-state index contributed by atoms with van der Waals surface area (Å²) in [5.41, 5.74) is 7.62. The third kappa shape index (κ3) is 3.03. The number of fused-ring (bicyclic) bond motifs is 1. The van der Waals surface area contributed by atoms with Gasteiger partial charge >= 0.3 is 0 Å². The zero-order chi connectivity index (χ0) is 15.4. The van der Waals surface area contributed by atoms with E-state index in [0.29, 0.717) is 30.6 Å². The highest BCUT2D eigenvalue weighted by Gasteiger charge is 2.17. The van der Waals surface area contributed by atoms with E-state index in [2.05, 4.69) is 4.98 Å². The highest BCUT2D eigenvalue weighted by molar-refractivity contribution is 5.82. The van der Waals surface area contributed by atoms with Gasteiger partial charge in [0, 0.05) is 26.4 Å². The fraction of sp³-hybridized carbons (Fsp3) is 0.500. The molecule has 0 bridgehead atoms. The Kier molecular flexibility index (Phi) is 4.87. The second-order valence-corrected chi connectivity index (χ2v) is 4.59. The third-order valence-electron chi connectivity index (χ3n) is 3.36. The lowest BCUT2D eigenvalue weighted by atomic mass is 10.2. The standard InChI is InChI=1S/C14H21N3O4/c1-18-8-9(19-2)7-17-11-6-13(21-4)12(20-3)5-10(11)16-14(17)15/h5-6,9H,7-8H2,1-4H3,(H2,15,16). The number of anilines is 1. The average molecular weight is 295 g/mol. The van der Waals surface area contributed by atoms with Gasteiger partial charge in [-0.3, -0.25) is 0 Å². The maximum Gasteiger partial charge on any atom is 0.201 e. The van der Waals surface area contributed by atoms with Gasteiger partial charge in [-0.05, 0) is 0 Å². The van der Waals surface area contributed by atoms with Crippen LogP contribution >= 0.6 is 0 Å². The molecule has 0 fully saturated rings. The van der Waals surface area contributed by atoms with Gasteiger partial charge in [0.25, 0.3) is 0 Å². The Morgan fingerprint density at radius 3 is 2.38 bits per heavy atom. The molecule has 0 aliphatic rings. The van der Waals surface area contributed by atoms with E-state index < -0.39 is 0 Å². The number of methoxy groups -OCH3 is 4. The summed E-state index contributed by atoms with van der Waals surface area (Å²) in [5, 5.41) is 0. The normalized spacial score (nSPS) is 12.6. The van der Waals surface area contributed by atoms with E-state index in [-0.39, 0.29) is 6.10 Å². The molecule has 2 N–H and O–H groups in total. The van der Waals surface area contributed by atoms with Gasteiger partial charge in [0.2, 0.25) is 5.95 Å². The molecule has 1 unspecified atom stereocenters. The minimum atomic E-state index is -0.109. The predicted octanol–water partition coefficient (Wildman–Crippen LogP) is 1.30. The van der Waals surface area contributed by atoms with E-state index in [9.17, 15) is 0 Å². The molecule has 0 saturated heterocycles. The van der Waals surface area contributed by atoms with E-state index in [1.165, 1.54) is 0 Å². The van der Waals surface area contributed by atoms with Crippen molar-refractivity contribution in [2.45, 2.75) is 12.6 Å². The van der Waals surface area contributed by atoms with Crippen molar-refractivity contribution in [1.29, 1.82) is 0 Å². The molecule has 1 aromatic heterocycles. The quantitative estimate of drug-likeness (QED) is 0.829. The summed E-state index contributed by atoms with van der Waals surface area (Å²) < 4.78 is 23.0. The summed E-state index contributed by atoms with van der Waals surface area (Å²) in [6.45, 7) is 1.02. The number of ether oxygens (including phenoxy) is 4. The zero-order valence-electron chi connectivity index (χ0n) is 12.8. The highest BCUT2D eigenvalue weighted by Crippen LogP contribution is 2.33. The largest absolute Gasteiger partial charge is 0.493 e. The first kappa shape index (κ1) is 15.4. The fourth-order valence-corrected chi connectivity index (χ4v) is 2.25. The van der Waals surface area contributed by atoms with Crippen molar-refractivity contribution in [3.8, 4) is 11.5 Å². The molecule has 0 aliphatic heterocycles. The van der Waals surface area contributed by atoms with Crippen LogP contribution in [-0.2, 0) is 16.0 Å². The molecule has 21 heavy (non-hydrogen) atoms. The summed E-state index contributed by atoms with van der Waals surface area (Å²) in [6, 6.07) is 3.66. The summed E-state index contributed by atoms with van der Waals surface area (Å²) in [4.78, 5) is 4.35. The van der Waals surface area contributed by atoms with Gasteiger partial charge in [-0.2, -0.15) is 0 Å². The number of nitrogen functional groups attached to an aromatic ring is 1. The molecule has 7 heteroatoms. The number of nitrogens with zero attached hydrogens (tertiary/aromatic N) is 2. The lowest BCUT2D eigenvalue weighted by Crippen LogP contribution is -2.24. The number of nitrogens with two attached hydrogens (primary N) is 1. The number of rotatable bonds is 7. The van der Waals surface area contributed by atoms with Gasteiger partial charge in [-0.15, -0.1) is 0 Å². The summed E-state index contributed by atoms with van der Waals surface area (Å²) in [7, 11) is 6.46. The Labute approximate surface area is 123 Å². The molecule has 0 amide bonds. The van der Waals surface area contributed by atoms with Crippen LogP contribution in [0.4, 0.5) is 5.95 Å². The van der Waals surface area contributed by atoms with Crippen LogP contribution in [0.3, 0.4) is 0 Å². The molecular weight excluding hydrogens is 274 g/mol. The van der Waals surface area contributed by atoms with E-state index >= 15 is 0 Å². The molecule has 1 aromatic carbocycles. The number of benzene rings is 1. The minimum absolute atomic E-state index is 0.109. The lowest BCUT2D eigenvalue weighted by molar-refractivity contribution is 0.0193. The van der Waals surface area contributed by atoms with Crippen molar-refractivity contribution >= 4 is 17.0 Å². The summed E-state index contributed by atoms with van der Waals surface area (Å²) in [6.07, 6.45) is -0.109. The molecule has 0 radical (unpaired) electrons. The third-order valence-corrected chi connectivity index (χ3v) is 3.36. The molecule has 0 spiro atoms. The van der Waals surface area contributed by atoms with Crippen molar-refractivity contribution in [3.05, 3.63) is 12.1 Å². The zero-order valence-corrected chi connectivity index (χ0v) is 12.8. The monoisotopic (exact) mass is 295 g/mol.